The Kier molecular flexibility index (Phi) is 4.19. The molecule has 0 atom stereocenters. The standard InChI is InChI=1S/C15H24N2O2S/c1-14(2,3)11-9-16-13(20-10-12(18)19)17(11)15(4)7-5-6-8-15/h9H,5-8,10H2,1-4H3,(H,18,19). The maximum atomic E-state index is 10.8. The lowest BCUT2D eigenvalue weighted by Gasteiger charge is -2.33. The van der Waals surface area contributed by atoms with Crippen LogP contribution in [0.3, 0.4) is 0 Å². The van der Waals surface area contributed by atoms with Crippen LogP contribution in [0.2, 0.25) is 0 Å². The Labute approximate surface area is 125 Å². The van der Waals surface area contributed by atoms with Crippen molar-refractivity contribution in [2.45, 2.75) is 69.5 Å². The van der Waals surface area contributed by atoms with Gasteiger partial charge in [-0.05, 0) is 19.8 Å². The minimum absolute atomic E-state index is 0.0145. The van der Waals surface area contributed by atoms with Gasteiger partial charge >= 0.3 is 5.97 Å². The lowest BCUT2D eigenvalue weighted by atomic mass is 9.90. The molecule has 112 valence electrons. The summed E-state index contributed by atoms with van der Waals surface area (Å²) in [5, 5.41) is 9.75. The van der Waals surface area contributed by atoms with E-state index in [1.165, 1.54) is 30.3 Å². The number of carbonyl (C=O) groups is 1. The number of carboxylic acids is 1. The van der Waals surface area contributed by atoms with Gasteiger partial charge in [0.15, 0.2) is 5.16 Å². The zero-order chi connectivity index (χ0) is 15.0. The monoisotopic (exact) mass is 296 g/mol. The molecule has 0 saturated heterocycles. The molecule has 0 unspecified atom stereocenters. The van der Waals surface area contributed by atoms with E-state index in [-0.39, 0.29) is 16.7 Å². The quantitative estimate of drug-likeness (QED) is 0.862. The summed E-state index contributed by atoms with van der Waals surface area (Å²) in [6.45, 7) is 8.83. The third-order valence-corrected chi connectivity index (χ3v) is 4.98. The van der Waals surface area contributed by atoms with Gasteiger partial charge in [-0.15, -0.1) is 0 Å². The number of nitrogens with zero attached hydrogens (tertiary/aromatic N) is 2. The number of imidazole rings is 1. The molecule has 4 nitrogen and oxygen atoms in total. The number of rotatable bonds is 4. The molecule has 1 aromatic heterocycles. The first-order valence-corrected chi connectivity index (χ1v) is 8.16. The Balaban J connectivity index is 2.43. The van der Waals surface area contributed by atoms with Gasteiger partial charge in [-0.2, -0.15) is 0 Å². The summed E-state index contributed by atoms with van der Waals surface area (Å²) in [5.41, 5.74) is 1.30. The van der Waals surface area contributed by atoms with Crippen LogP contribution in [0.1, 0.15) is 59.1 Å². The minimum atomic E-state index is -0.793. The second-order valence-electron chi connectivity index (χ2n) is 6.90. The summed E-state index contributed by atoms with van der Waals surface area (Å²) in [6.07, 6.45) is 6.69. The molecular formula is C15H24N2O2S. The highest BCUT2D eigenvalue weighted by Gasteiger charge is 2.36. The van der Waals surface area contributed by atoms with Crippen molar-refractivity contribution in [1.82, 2.24) is 9.55 Å². The number of hydrogen-bond donors (Lipinski definition) is 1. The van der Waals surface area contributed by atoms with E-state index < -0.39 is 5.97 Å². The highest BCUT2D eigenvalue weighted by atomic mass is 32.2. The molecule has 0 aromatic carbocycles. The Morgan fingerprint density at radius 1 is 1.45 bits per heavy atom. The third kappa shape index (κ3) is 3.03. The van der Waals surface area contributed by atoms with E-state index in [4.69, 9.17) is 5.11 Å². The van der Waals surface area contributed by atoms with Crippen molar-refractivity contribution in [3.8, 4) is 0 Å². The first-order valence-electron chi connectivity index (χ1n) is 7.17. The van der Waals surface area contributed by atoms with Crippen LogP contribution in [0.4, 0.5) is 0 Å². The molecule has 1 N–H and O–H groups in total. The number of hydrogen-bond acceptors (Lipinski definition) is 3. The van der Waals surface area contributed by atoms with E-state index in [1.54, 1.807) is 0 Å². The fraction of sp³-hybridized carbons (Fsp3) is 0.733. The van der Waals surface area contributed by atoms with Gasteiger partial charge in [0.2, 0.25) is 0 Å². The van der Waals surface area contributed by atoms with Crippen molar-refractivity contribution in [2.24, 2.45) is 0 Å². The van der Waals surface area contributed by atoms with Gasteiger partial charge in [0.1, 0.15) is 0 Å². The molecule has 1 heterocycles. The van der Waals surface area contributed by atoms with Gasteiger partial charge in [-0.3, -0.25) is 4.79 Å². The Morgan fingerprint density at radius 2 is 2.05 bits per heavy atom. The van der Waals surface area contributed by atoms with Gasteiger partial charge in [0, 0.05) is 22.8 Å². The Bertz CT molecular complexity index is 496. The molecule has 0 aliphatic heterocycles. The highest BCUT2D eigenvalue weighted by Crippen LogP contribution is 2.42. The van der Waals surface area contributed by atoms with Crippen LogP contribution in [0, 0.1) is 0 Å². The van der Waals surface area contributed by atoms with Crippen LogP contribution in [0.25, 0.3) is 0 Å². The fourth-order valence-corrected chi connectivity index (χ4v) is 3.80. The topological polar surface area (TPSA) is 55.1 Å². The van der Waals surface area contributed by atoms with Crippen molar-refractivity contribution in [1.29, 1.82) is 0 Å². The number of aromatic nitrogens is 2. The van der Waals surface area contributed by atoms with Crippen LogP contribution in [0.15, 0.2) is 11.4 Å². The first kappa shape index (κ1) is 15.4. The average molecular weight is 296 g/mol. The maximum absolute atomic E-state index is 10.8. The summed E-state index contributed by atoms with van der Waals surface area (Å²) in [7, 11) is 0. The largest absolute Gasteiger partial charge is 0.481 e. The molecule has 1 aliphatic rings. The van der Waals surface area contributed by atoms with E-state index in [0.29, 0.717) is 0 Å². The molecule has 1 aromatic rings. The Morgan fingerprint density at radius 3 is 2.55 bits per heavy atom. The fourth-order valence-electron chi connectivity index (χ4n) is 2.97. The van der Waals surface area contributed by atoms with Gasteiger partial charge < -0.3 is 9.67 Å². The van der Waals surface area contributed by atoms with Crippen LogP contribution in [0.5, 0.6) is 0 Å². The second kappa shape index (κ2) is 5.43. The second-order valence-corrected chi connectivity index (χ2v) is 7.84. The van der Waals surface area contributed by atoms with Crippen molar-refractivity contribution in [3.05, 3.63) is 11.9 Å². The predicted octanol–water partition coefficient (Wildman–Crippen LogP) is 3.65. The van der Waals surface area contributed by atoms with Crippen molar-refractivity contribution < 1.29 is 9.90 Å². The third-order valence-electron chi connectivity index (χ3n) is 4.04. The van der Waals surface area contributed by atoms with Crippen LogP contribution in [-0.2, 0) is 15.7 Å². The van der Waals surface area contributed by atoms with Crippen molar-refractivity contribution >= 4 is 17.7 Å². The summed E-state index contributed by atoms with van der Waals surface area (Å²) in [5.74, 6) is -0.727. The molecule has 2 rings (SSSR count). The zero-order valence-corrected chi connectivity index (χ0v) is 13.6. The molecule has 1 aliphatic carbocycles. The summed E-state index contributed by atoms with van der Waals surface area (Å²) >= 11 is 1.33. The van der Waals surface area contributed by atoms with Gasteiger partial charge in [-0.1, -0.05) is 45.4 Å². The van der Waals surface area contributed by atoms with Gasteiger partial charge in [0.25, 0.3) is 0 Å². The molecule has 5 heteroatoms. The SMILES string of the molecule is CC(C)(C)c1cnc(SCC(=O)O)n1C1(C)CCCC1. The molecule has 20 heavy (non-hydrogen) atoms. The molecule has 0 spiro atoms. The molecule has 1 fully saturated rings. The van der Waals surface area contributed by atoms with E-state index in [1.807, 2.05) is 6.20 Å². The lowest BCUT2D eigenvalue weighted by Crippen LogP contribution is -2.32. The number of carboxylic acid groups (broad SMARTS) is 1. The van der Waals surface area contributed by atoms with Crippen LogP contribution < -0.4 is 0 Å². The van der Waals surface area contributed by atoms with Gasteiger partial charge in [0.05, 0.1) is 5.75 Å². The van der Waals surface area contributed by atoms with E-state index in [0.717, 1.165) is 18.0 Å². The predicted molar refractivity (Wildman–Crippen MR) is 81.4 cm³/mol. The maximum Gasteiger partial charge on any atom is 0.313 e. The summed E-state index contributed by atoms with van der Waals surface area (Å²) in [4.78, 5) is 15.3. The summed E-state index contributed by atoms with van der Waals surface area (Å²) in [6, 6.07) is 0. The minimum Gasteiger partial charge on any atom is -0.481 e. The first-order chi connectivity index (χ1) is 9.24. The highest BCUT2D eigenvalue weighted by molar-refractivity contribution is 7.99. The molecule has 0 amide bonds. The van der Waals surface area contributed by atoms with Crippen LogP contribution >= 0.6 is 11.8 Å². The van der Waals surface area contributed by atoms with E-state index in [9.17, 15) is 4.79 Å². The molecular weight excluding hydrogens is 272 g/mol. The van der Waals surface area contributed by atoms with Crippen molar-refractivity contribution in [3.63, 3.8) is 0 Å². The normalized spacial score (nSPS) is 18.4. The molecule has 0 bridgehead atoms. The van der Waals surface area contributed by atoms with Gasteiger partial charge in [-0.25, -0.2) is 4.98 Å². The lowest BCUT2D eigenvalue weighted by molar-refractivity contribution is -0.133. The van der Waals surface area contributed by atoms with Crippen LogP contribution in [-0.4, -0.2) is 26.4 Å². The van der Waals surface area contributed by atoms with E-state index in [2.05, 4.69) is 37.2 Å². The number of aliphatic carboxylic acids is 1. The van der Waals surface area contributed by atoms with E-state index >= 15 is 0 Å². The van der Waals surface area contributed by atoms with Crippen molar-refractivity contribution in [2.75, 3.05) is 5.75 Å². The number of thioether (sulfide) groups is 1. The molecule has 1 saturated carbocycles. The summed E-state index contributed by atoms with van der Waals surface area (Å²) < 4.78 is 2.31. The Hall–Kier alpha value is -0.970. The molecule has 0 radical (unpaired) electrons. The zero-order valence-electron chi connectivity index (χ0n) is 12.8. The smallest absolute Gasteiger partial charge is 0.313 e. The average Bonchev–Trinajstić information content (AvgIpc) is 2.92.